The Bertz CT molecular complexity index is 1960. The van der Waals surface area contributed by atoms with E-state index in [1.54, 1.807) is 0 Å². The summed E-state index contributed by atoms with van der Waals surface area (Å²) in [5.41, 5.74) is 13.7. The van der Waals surface area contributed by atoms with Gasteiger partial charge in [0.25, 0.3) is 0 Å². The van der Waals surface area contributed by atoms with Crippen LogP contribution in [-0.2, 0) is 0 Å². The van der Waals surface area contributed by atoms with Crippen molar-refractivity contribution in [3.05, 3.63) is 145 Å². The molecule has 0 bridgehead atoms. The molecule has 0 atom stereocenters. The van der Waals surface area contributed by atoms with Crippen LogP contribution in [0.1, 0.15) is 31.9 Å². The summed E-state index contributed by atoms with van der Waals surface area (Å²) in [5.74, 6) is 0. The van der Waals surface area contributed by atoms with Crippen molar-refractivity contribution in [2.45, 2.75) is 20.8 Å². The third-order valence-corrected chi connectivity index (χ3v) is 8.32. The highest BCUT2D eigenvalue weighted by Crippen LogP contribution is 2.52. The van der Waals surface area contributed by atoms with Crippen molar-refractivity contribution in [1.29, 1.82) is 0 Å². The molecule has 0 radical (unpaired) electrons. The van der Waals surface area contributed by atoms with Crippen LogP contribution in [-0.4, -0.2) is 0 Å². The first kappa shape index (κ1) is 24.2. The van der Waals surface area contributed by atoms with E-state index in [-0.39, 0.29) is 0 Å². The van der Waals surface area contributed by atoms with Crippen LogP contribution in [0.25, 0.3) is 54.9 Å². The minimum Gasteiger partial charge on any atom is -0.310 e. The van der Waals surface area contributed by atoms with Gasteiger partial charge in [0, 0.05) is 16.5 Å². The Labute approximate surface area is 236 Å². The van der Waals surface area contributed by atoms with Crippen LogP contribution < -0.4 is 4.90 Å². The lowest BCUT2D eigenvalue weighted by atomic mass is 9.97. The highest BCUT2D eigenvalue weighted by molar-refractivity contribution is 6.22. The van der Waals surface area contributed by atoms with Gasteiger partial charge < -0.3 is 4.90 Å². The first-order valence-corrected chi connectivity index (χ1v) is 14.0. The van der Waals surface area contributed by atoms with Gasteiger partial charge in [0.1, 0.15) is 0 Å². The standard InChI is InChI=1S/C39H31N/c1-5-13-25(7-3)40(36-23-21-32-26(8-4)27(14-6-2)30-17-11-19-34(36)38(30)32)37-24-22-33-29-16-10-9-15-28(29)31-18-12-20-35(37)39(31)33/h5-24H,4H2,1-3H3/b13-5-,14-6-,25-7+. The van der Waals surface area contributed by atoms with Gasteiger partial charge in [-0.3, -0.25) is 0 Å². The van der Waals surface area contributed by atoms with Gasteiger partial charge in [-0.25, -0.2) is 0 Å². The summed E-state index contributed by atoms with van der Waals surface area (Å²) >= 11 is 0. The number of anilines is 2. The topological polar surface area (TPSA) is 3.24 Å². The maximum Gasteiger partial charge on any atom is 0.0540 e. The Kier molecular flexibility index (Phi) is 5.68. The molecule has 5 aromatic carbocycles. The highest BCUT2D eigenvalue weighted by atomic mass is 15.1. The van der Waals surface area contributed by atoms with E-state index < -0.39 is 0 Å². The summed E-state index contributed by atoms with van der Waals surface area (Å²) in [4.78, 5) is 2.44. The Balaban J connectivity index is 1.54. The van der Waals surface area contributed by atoms with E-state index in [2.05, 4.69) is 148 Å². The smallest absolute Gasteiger partial charge is 0.0540 e. The molecule has 0 N–H and O–H groups in total. The maximum atomic E-state index is 4.17. The number of hydrogen-bond acceptors (Lipinski definition) is 1. The van der Waals surface area contributed by atoms with Crippen LogP contribution in [0.2, 0.25) is 0 Å². The Morgan fingerprint density at radius 2 is 1.12 bits per heavy atom. The zero-order valence-electron chi connectivity index (χ0n) is 23.2. The van der Waals surface area contributed by atoms with Gasteiger partial charge in [-0.15, -0.1) is 0 Å². The molecule has 0 spiro atoms. The number of benzene rings is 5. The summed E-state index contributed by atoms with van der Waals surface area (Å²) in [7, 11) is 0. The molecule has 40 heavy (non-hydrogen) atoms. The molecule has 0 amide bonds. The molecule has 0 unspecified atom stereocenters. The van der Waals surface area contributed by atoms with Crippen molar-refractivity contribution >= 4 is 44.1 Å². The molecule has 0 aromatic heterocycles. The van der Waals surface area contributed by atoms with E-state index in [4.69, 9.17) is 0 Å². The second kappa shape index (κ2) is 9.39. The molecular weight excluding hydrogens is 482 g/mol. The molecule has 0 saturated heterocycles. The lowest BCUT2D eigenvalue weighted by Gasteiger charge is -2.29. The largest absolute Gasteiger partial charge is 0.310 e. The lowest BCUT2D eigenvalue weighted by molar-refractivity contribution is 1.22. The minimum absolute atomic E-state index is 1.14. The predicted molar refractivity (Wildman–Crippen MR) is 175 cm³/mol. The maximum absolute atomic E-state index is 4.17. The number of fused-ring (bicyclic) bond motifs is 3. The summed E-state index contributed by atoms with van der Waals surface area (Å²) < 4.78 is 0. The predicted octanol–water partition coefficient (Wildman–Crippen LogP) is 11.2. The molecule has 5 aromatic rings. The van der Waals surface area contributed by atoms with Crippen molar-refractivity contribution in [1.82, 2.24) is 0 Å². The first-order chi connectivity index (χ1) is 19.7. The number of allylic oxidation sites excluding steroid dienone is 8. The summed E-state index contributed by atoms with van der Waals surface area (Å²) in [5, 5.41) is 5.13. The number of hydrogen-bond donors (Lipinski definition) is 0. The van der Waals surface area contributed by atoms with Crippen LogP contribution >= 0.6 is 0 Å². The summed E-state index contributed by atoms with van der Waals surface area (Å²) in [6.45, 7) is 10.5. The minimum atomic E-state index is 1.14. The fraction of sp³-hybridized carbons (Fsp3) is 0.0769. The van der Waals surface area contributed by atoms with Crippen molar-refractivity contribution in [3.8, 4) is 22.3 Å². The van der Waals surface area contributed by atoms with E-state index >= 15 is 0 Å². The van der Waals surface area contributed by atoms with Crippen molar-refractivity contribution < 1.29 is 0 Å². The van der Waals surface area contributed by atoms with Crippen LogP contribution in [0.15, 0.2) is 134 Å². The first-order valence-electron chi connectivity index (χ1n) is 14.0. The molecule has 2 aliphatic rings. The van der Waals surface area contributed by atoms with Gasteiger partial charge >= 0.3 is 0 Å². The highest BCUT2D eigenvalue weighted by Gasteiger charge is 2.27. The fourth-order valence-electron chi connectivity index (χ4n) is 6.76. The third kappa shape index (κ3) is 3.28. The molecule has 0 fully saturated rings. The monoisotopic (exact) mass is 513 g/mol. The average molecular weight is 514 g/mol. The molecule has 0 heterocycles. The van der Waals surface area contributed by atoms with Gasteiger partial charge in [-0.1, -0.05) is 110 Å². The number of rotatable bonds is 6. The van der Waals surface area contributed by atoms with E-state index in [0.717, 1.165) is 5.70 Å². The van der Waals surface area contributed by atoms with Gasteiger partial charge in [-0.05, 0) is 94.3 Å². The van der Waals surface area contributed by atoms with Gasteiger partial charge in [0.2, 0.25) is 0 Å². The molecular formula is C39H31N. The average Bonchev–Trinajstić information content (AvgIpc) is 3.49. The zero-order valence-corrected chi connectivity index (χ0v) is 23.2. The normalized spacial score (nSPS) is 13.8. The van der Waals surface area contributed by atoms with Crippen molar-refractivity contribution in [2.24, 2.45) is 0 Å². The van der Waals surface area contributed by atoms with E-state index in [0.29, 0.717) is 0 Å². The van der Waals surface area contributed by atoms with E-state index in [1.165, 1.54) is 77.4 Å². The van der Waals surface area contributed by atoms with Crippen LogP contribution in [0.3, 0.4) is 0 Å². The molecule has 0 aliphatic heterocycles. The summed E-state index contributed by atoms with van der Waals surface area (Å²) in [6, 6.07) is 31.4. The number of nitrogens with zero attached hydrogens (tertiary/aromatic N) is 1. The van der Waals surface area contributed by atoms with Gasteiger partial charge in [0.15, 0.2) is 0 Å². The van der Waals surface area contributed by atoms with Gasteiger partial charge in [-0.2, -0.15) is 0 Å². The quantitative estimate of drug-likeness (QED) is 0.200. The molecule has 1 nitrogen and oxygen atoms in total. The summed E-state index contributed by atoms with van der Waals surface area (Å²) in [6.07, 6.45) is 12.9. The second-order valence-corrected chi connectivity index (χ2v) is 10.3. The Hall–Kier alpha value is -4.88. The van der Waals surface area contributed by atoms with Crippen molar-refractivity contribution in [2.75, 3.05) is 4.90 Å². The third-order valence-electron chi connectivity index (χ3n) is 8.32. The SMILES string of the molecule is C=CC1=C(/C=C\C)c2cccc3c(N(C(/C=C\C)=C/C)c4ccc5c6c(cccc46)-c4ccccc4-5)ccc1c23. The van der Waals surface area contributed by atoms with Crippen molar-refractivity contribution in [3.63, 3.8) is 0 Å². The lowest BCUT2D eigenvalue weighted by Crippen LogP contribution is -2.16. The molecule has 7 rings (SSSR count). The molecule has 1 heteroatoms. The van der Waals surface area contributed by atoms with Gasteiger partial charge in [0.05, 0.1) is 11.4 Å². The fourth-order valence-corrected chi connectivity index (χ4v) is 6.76. The molecule has 0 saturated carbocycles. The Morgan fingerprint density at radius 3 is 1.73 bits per heavy atom. The van der Waals surface area contributed by atoms with E-state index in [9.17, 15) is 0 Å². The van der Waals surface area contributed by atoms with Crippen LogP contribution in [0.4, 0.5) is 11.4 Å². The van der Waals surface area contributed by atoms with E-state index in [1.807, 2.05) is 6.08 Å². The second-order valence-electron chi connectivity index (χ2n) is 10.3. The van der Waals surface area contributed by atoms with Crippen LogP contribution in [0.5, 0.6) is 0 Å². The zero-order chi connectivity index (χ0) is 27.4. The Morgan fingerprint density at radius 1 is 0.575 bits per heavy atom. The molecule has 2 aliphatic carbocycles. The molecule has 192 valence electrons. The van der Waals surface area contributed by atoms with Crippen LogP contribution in [0, 0.1) is 0 Å².